The number of hydrogen-bond acceptors (Lipinski definition) is 1. The molecule has 0 spiro atoms. The Morgan fingerprint density at radius 3 is 2.10 bits per heavy atom. The predicted octanol–water partition coefficient (Wildman–Crippen LogP) is 4.32. The second-order valence-electron chi connectivity index (χ2n) is 5.51. The fourth-order valence-electron chi connectivity index (χ4n) is 2.65. The van der Waals surface area contributed by atoms with Crippen molar-refractivity contribution in [3.8, 4) is 0 Å². The molecule has 0 aliphatic carbocycles. The molecule has 0 fully saturated rings. The largest absolute Gasteiger partial charge is 0.330 e. The third-order valence-corrected chi connectivity index (χ3v) is 4.16. The summed E-state index contributed by atoms with van der Waals surface area (Å²) in [6.45, 7) is 5.06. The van der Waals surface area contributed by atoms with Gasteiger partial charge in [-0.2, -0.15) is 0 Å². The van der Waals surface area contributed by atoms with Crippen LogP contribution in [-0.4, -0.2) is 6.54 Å². The third kappa shape index (κ3) is 3.84. The van der Waals surface area contributed by atoms with Crippen molar-refractivity contribution in [2.24, 2.45) is 11.7 Å². The van der Waals surface area contributed by atoms with Crippen LogP contribution in [0.3, 0.4) is 0 Å². The first-order valence-corrected chi connectivity index (χ1v) is 7.47. The number of nitrogens with two attached hydrogens (primary N) is 1. The molecule has 1 unspecified atom stereocenters. The van der Waals surface area contributed by atoms with Crippen molar-refractivity contribution in [3.63, 3.8) is 0 Å². The van der Waals surface area contributed by atoms with E-state index in [1.165, 1.54) is 22.3 Å². The minimum atomic E-state index is 0.468. The number of halogens is 1. The van der Waals surface area contributed by atoms with E-state index in [9.17, 15) is 0 Å². The van der Waals surface area contributed by atoms with Gasteiger partial charge in [-0.05, 0) is 73.5 Å². The zero-order valence-corrected chi connectivity index (χ0v) is 13.0. The van der Waals surface area contributed by atoms with E-state index in [0.717, 1.165) is 17.9 Å². The highest BCUT2D eigenvalue weighted by Crippen LogP contribution is 2.20. The Hall–Kier alpha value is -1.31. The third-order valence-electron chi connectivity index (χ3n) is 3.91. The summed E-state index contributed by atoms with van der Waals surface area (Å²) in [5.74, 6) is 0.468. The van der Waals surface area contributed by atoms with E-state index in [1.54, 1.807) is 0 Å². The van der Waals surface area contributed by atoms with Crippen molar-refractivity contribution >= 4 is 11.6 Å². The summed E-state index contributed by atoms with van der Waals surface area (Å²) in [6.07, 6.45) is 2.04. The van der Waals surface area contributed by atoms with E-state index in [-0.39, 0.29) is 0 Å². The second kappa shape index (κ2) is 6.92. The van der Waals surface area contributed by atoms with Crippen molar-refractivity contribution in [1.29, 1.82) is 0 Å². The first-order chi connectivity index (χ1) is 9.60. The van der Waals surface area contributed by atoms with Crippen molar-refractivity contribution in [2.45, 2.75) is 26.7 Å². The van der Waals surface area contributed by atoms with Crippen LogP contribution >= 0.6 is 11.6 Å². The van der Waals surface area contributed by atoms with Crippen LogP contribution in [0.1, 0.15) is 22.3 Å². The van der Waals surface area contributed by atoms with Crippen molar-refractivity contribution < 1.29 is 0 Å². The Balaban J connectivity index is 2.11. The molecular weight excluding hydrogens is 266 g/mol. The molecule has 1 atom stereocenters. The smallest absolute Gasteiger partial charge is 0.0406 e. The van der Waals surface area contributed by atoms with E-state index in [1.807, 2.05) is 12.1 Å². The minimum absolute atomic E-state index is 0.468. The van der Waals surface area contributed by atoms with Crippen LogP contribution in [0.5, 0.6) is 0 Å². The molecule has 2 aromatic rings. The topological polar surface area (TPSA) is 26.0 Å². The molecule has 20 heavy (non-hydrogen) atoms. The van der Waals surface area contributed by atoms with E-state index < -0.39 is 0 Å². The summed E-state index contributed by atoms with van der Waals surface area (Å²) in [4.78, 5) is 0. The highest BCUT2D eigenvalue weighted by atomic mass is 35.5. The van der Waals surface area contributed by atoms with Crippen LogP contribution in [-0.2, 0) is 12.8 Å². The van der Waals surface area contributed by atoms with Gasteiger partial charge < -0.3 is 5.73 Å². The summed E-state index contributed by atoms with van der Waals surface area (Å²) in [7, 11) is 0. The standard InChI is InChI=1S/C18H22ClN/c1-13-4-3-5-14(2)18(13)11-16(12-20)10-15-6-8-17(19)9-7-15/h3-9,16H,10-12,20H2,1-2H3. The number of hydrogen-bond donors (Lipinski definition) is 1. The zero-order chi connectivity index (χ0) is 14.5. The average molecular weight is 288 g/mol. The summed E-state index contributed by atoms with van der Waals surface area (Å²) >= 11 is 5.93. The van der Waals surface area contributed by atoms with Gasteiger partial charge in [-0.25, -0.2) is 0 Å². The van der Waals surface area contributed by atoms with E-state index in [0.29, 0.717) is 12.5 Å². The van der Waals surface area contributed by atoms with Gasteiger partial charge in [0, 0.05) is 5.02 Å². The van der Waals surface area contributed by atoms with Gasteiger partial charge in [-0.3, -0.25) is 0 Å². The van der Waals surface area contributed by atoms with Crippen molar-refractivity contribution in [2.75, 3.05) is 6.54 Å². The Morgan fingerprint density at radius 2 is 1.55 bits per heavy atom. The highest BCUT2D eigenvalue weighted by Gasteiger charge is 2.12. The molecule has 0 saturated heterocycles. The summed E-state index contributed by atoms with van der Waals surface area (Å²) in [5, 5.41) is 0.785. The summed E-state index contributed by atoms with van der Waals surface area (Å²) < 4.78 is 0. The van der Waals surface area contributed by atoms with E-state index >= 15 is 0 Å². The van der Waals surface area contributed by atoms with Gasteiger partial charge in [-0.15, -0.1) is 0 Å². The zero-order valence-electron chi connectivity index (χ0n) is 12.2. The molecular formula is C18H22ClN. The first kappa shape index (κ1) is 15.1. The number of rotatable bonds is 5. The maximum absolute atomic E-state index is 5.97. The molecule has 0 saturated carbocycles. The van der Waals surface area contributed by atoms with Crippen LogP contribution in [0, 0.1) is 19.8 Å². The predicted molar refractivity (Wildman–Crippen MR) is 87.3 cm³/mol. The van der Waals surface area contributed by atoms with Crippen LogP contribution in [0.4, 0.5) is 0 Å². The molecule has 2 heteroatoms. The van der Waals surface area contributed by atoms with Gasteiger partial charge in [0.25, 0.3) is 0 Å². The molecule has 2 aromatic carbocycles. The lowest BCUT2D eigenvalue weighted by molar-refractivity contribution is 0.531. The SMILES string of the molecule is Cc1cccc(C)c1CC(CN)Cc1ccc(Cl)cc1. The lowest BCUT2D eigenvalue weighted by Gasteiger charge is -2.18. The molecule has 2 rings (SSSR count). The van der Waals surface area contributed by atoms with Crippen LogP contribution in [0.25, 0.3) is 0 Å². The Morgan fingerprint density at radius 1 is 0.950 bits per heavy atom. The molecule has 106 valence electrons. The van der Waals surface area contributed by atoms with Gasteiger partial charge in [0.05, 0.1) is 0 Å². The van der Waals surface area contributed by atoms with Crippen LogP contribution in [0.15, 0.2) is 42.5 Å². The summed E-state index contributed by atoms with van der Waals surface area (Å²) in [6, 6.07) is 14.6. The van der Waals surface area contributed by atoms with Crippen LogP contribution < -0.4 is 5.73 Å². The monoisotopic (exact) mass is 287 g/mol. The molecule has 0 aromatic heterocycles. The maximum atomic E-state index is 5.97. The van der Waals surface area contributed by atoms with Gasteiger partial charge in [0.15, 0.2) is 0 Å². The molecule has 0 aliphatic heterocycles. The molecule has 0 aliphatic rings. The molecule has 0 heterocycles. The highest BCUT2D eigenvalue weighted by molar-refractivity contribution is 6.30. The Kier molecular flexibility index (Phi) is 5.22. The van der Waals surface area contributed by atoms with Crippen molar-refractivity contribution in [1.82, 2.24) is 0 Å². The average Bonchev–Trinajstić information content (AvgIpc) is 2.44. The Labute approximate surface area is 126 Å². The molecule has 1 nitrogen and oxygen atoms in total. The van der Waals surface area contributed by atoms with Gasteiger partial charge in [0.2, 0.25) is 0 Å². The van der Waals surface area contributed by atoms with Gasteiger partial charge in [0.1, 0.15) is 0 Å². The van der Waals surface area contributed by atoms with E-state index in [2.05, 4.69) is 44.2 Å². The van der Waals surface area contributed by atoms with E-state index in [4.69, 9.17) is 17.3 Å². The molecule has 0 radical (unpaired) electrons. The fraction of sp³-hybridized carbons (Fsp3) is 0.333. The molecule has 0 bridgehead atoms. The maximum Gasteiger partial charge on any atom is 0.0406 e. The molecule has 0 amide bonds. The van der Waals surface area contributed by atoms with Gasteiger partial charge >= 0.3 is 0 Å². The Bertz CT molecular complexity index is 540. The van der Waals surface area contributed by atoms with Gasteiger partial charge in [-0.1, -0.05) is 41.9 Å². The quantitative estimate of drug-likeness (QED) is 0.871. The number of aryl methyl sites for hydroxylation is 2. The minimum Gasteiger partial charge on any atom is -0.330 e. The van der Waals surface area contributed by atoms with Crippen molar-refractivity contribution in [3.05, 3.63) is 69.7 Å². The lowest BCUT2D eigenvalue weighted by atomic mass is 9.89. The summed E-state index contributed by atoms with van der Waals surface area (Å²) in [5.41, 5.74) is 11.4. The molecule has 2 N–H and O–H groups in total. The second-order valence-corrected chi connectivity index (χ2v) is 5.94. The number of benzene rings is 2. The first-order valence-electron chi connectivity index (χ1n) is 7.09. The fourth-order valence-corrected chi connectivity index (χ4v) is 2.78. The normalized spacial score (nSPS) is 12.4. The lowest BCUT2D eigenvalue weighted by Crippen LogP contribution is -2.20. The van der Waals surface area contributed by atoms with Crippen LogP contribution in [0.2, 0.25) is 5.02 Å².